The highest BCUT2D eigenvalue weighted by Crippen LogP contribution is 2.18. The first-order valence-electron chi connectivity index (χ1n) is 11.9. The van der Waals surface area contributed by atoms with Gasteiger partial charge in [0.05, 0.1) is 11.0 Å². The van der Waals surface area contributed by atoms with Gasteiger partial charge in [0.25, 0.3) is 0 Å². The third kappa shape index (κ3) is 6.97. The van der Waals surface area contributed by atoms with Crippen LogP contribution >= 0.6 is 0 Å². The Balaban J connectivity index is 1.58. The molecule has 0 aliphatic rings. The quantitative estimate of drug-likeness (QED) is 0.340. The molecule has 0 bridgehead atoms. The van der Waals surface area contributed by atoms with Gasteiger partial charge in [0.15, 0.2) is 5.78 Å². The first-order chi connectivity index (χ1) is 16.4. The van der Waals surface area contributed by atoms with E-state index in [1.807, 2.05) is 33.8 Å². The number of imidazole rings is 1. The molecular weight excluding hydrogens is 446 g/mol. The molecule has 0 spiro atoms. The van der Waals surface area contributed by atoms with Gasteiger partial charge in [0.1, 0.15) is 11.4 Å². The van der Waals surface area contributed by atoms with Crippen LogP contribution in [0.5, 0.6) is 5.75 Å². The first-order valence-corrected chi connectivity index (χ1v) is 11.9. The van der Waals surface area contributed by atoms with Gasteiger partial charge < -0.3 is 19.7 Å². The lowest BCUT2D eigenvalue weighted by atomic mass is 10.0. The molecule has 3 aromatic rings. The monoisotopic (exact) mass is 481 g/mol. The van der Waals surface area contributed by atoms with Crippen molar-refractivity contribution in [3.8, 4) is 5.75 Å². The van der Waals surface area contributed by atoms with Gasteiger partial charge in [0, 0.05) is 32.1 Å². The molecule has 0 saturated carbocycles. The number of aryl methyl sites for hydroxylation is 2. The Kier molecular flexibility index (Phi) is 8.04. The Bertz CT molecular complexity index is 1270. The average Bonchev–Trinajstić information content (AvgIpc) is 3.06. The summed E-state index contributed by atoms with van der Waals surface area (Å²) in [5.41, 5.74) is 3.18. The zero-order chi connectivity index (χ0) is 25.8. The molecule has 1 aromatic heterocycles. The standard InChI is InChI=1S/C27H35N3O5/c1-18-16-21(31)11-9-19(18)13-15-30(26(34)35-27(2,3)4)14-7-6-8-24(32)20-10-12-22-23(17-20)29(5)25(33)28-22/h9-12,16-17,31H,6-8,13-15H2,1-5H3,(H,28,33). The first kappa shape index (κ1) is 26.1. The summed E-state index contributed by atoms with van der Waals surface area (Å²) in [5.74, 6) is 0.224. The van der Waals surface area contributed by atoms with E-state index in [-0.39, 0.29) is 23.3 Å². The van der Waals surface area contributed by atoms with E-state index in [0.717, 1.165) is 11.1 Å². The van der Waals surface area contributed by atoms with Crippen LogP contribution in [-0.4, -0.2) is 50.1 Å². The molecule has 2 N–H and O–H groups in total. The third-order valence-corrected chi connectivity index (χ3v) is 5.94. The van der Waals surface area contributed by atoms with E-state index in [1.165, 1.54) is 4.57 Å². The van der Waals surface area contributed by atoms with Gasteiger partial charge in [-0.3, -0.25) is 9.36 Å². The van der Waals surface area contributed by atoms with E-state index < -0.39 is 5.60 Å². The van der Waals surface area contributed by atoms with Crippen molar-refractivity contribution in [3.05, 3.63) is 63.6 Å². The van der Waals surface area contributed by atoms with Crippen molar-refractivity contribution in [1.29, 1.82) is 0 Å². The number of H-pyrrole nitrogens is 1. The number of fused-ring (bicyclic) bond motifs is 1. The van der Waals surface area contributed by atoms with Crippen molar-refractivity contribution < 1.29 is 19.4 Å². The third-order valence-electron chi connectivity index (χ3n) is 5.94. The van der Waals surface area contributed by atoms with Gasteiger partial charge in [-0.25, -0.2) is 9.59 Å². The molecule has 0 unspecified atom stereocenters. The van der Waals surface area contributed by atoms with Crippen LogP contribution in [0.4, 0.5) is 4.79 Å². The molecule has 1 amide bonds. The number of benzene rings is 2. The van der Waals surface area contributed by atoms with E-state index in [1.54, 1.807) is 42.3 Å². The van der Waals surface area contributed by atoms with Crippen molar-refractivity contribution in [2.45, 2.75) is 59.0 Å². The SMILES string of the molecule is Cc1cc(O)ccc1CCN(CCCCC(=O)c1ccc2[nH]c(=O)n(C)c2c1)C(=O)OC(C)(C)C. The van der Waals surface area contributed by atoms with E-state index >= 15 is 0 Å². The molecular formula is C27H35N3O5. The Morgan fingerprint density at radius 2 is 1.83 bits per heavy atom. The maximum Gasteiger partial charge on any atom is 0.410 e. The Labute approximate surface area is 205 Å². The van der Waals surface area contributed by atoms with E-state index in [2.05, 4.69) is 4.98 Å². The second-order valence-electron chi connectivity index (χ2n) is 9.93. The van der Waals surface area contributed by atoms with Crippen molar-refractivity contribution in [1.82, 2.24) is 14.5 Å². The summed E-state index contributed by atoms with van der Waals surface area (Å²) in [6.45, 7) is 8.40. The number of nitrogens with zero attached hydrogens (tertiary/aromatic N) is 2. The number of ether oxygens (including phenoxy) is 1. The minimum Gasteiger partial charge on any atom is -0.508 e. The molecule has 0 aliphatic carbocycles. The number of nitrogens with one attached hydrogen (secondary N) is 1. The molecule has 3 rings (SSSR count). The average molecular weight is 482 g/mol. The molecule has 2 aromatic carbocycles. The summed E-state index contributed by atoms with van der Waals surface area (Å²) < 4.78 is 7.08. The van der Waals surface area contributed by atoms with Gasteiger partial charge in [-0.1, -0.05) is 6.07 Å². The minimum atomic E-state index is -0.600. The molecule has 0 aliphatic heterocycles. The number of carbonyl (C=O) groups is 2. The number of unbranched alkanes of at least 4 members (excludes halogenated alkanes) is 1. The number of hydrogen-bond acceptors (Lipinski definition) is 5. The number of ketones is 1. The number of Topliss-reactive ketones (excluding diaryl/α,β-unsaturated/α-hetero) is 1. The lowest BCUT2D eigenvalue weighted by molar-refractivity contribution is 0.0249. The summed E-state index contributed by atoms with van der Waals surface area (Å²) in [4.78, 5) is 41.7. The summed E-state index contributed by atoms with van der Waals surface area (Å²) in [6, 6.07) is 10.4. The van der Waals surface area contributed by atoms with Crippen molar-refractivity contribution >= 4 is 22.9 Å². The normalized spacial score (nSPS) is 11.6. The number of aromatic hydroxyl groups is 1. The number of rotatable bonds is 9. The topological polar surface area (TPSA) is 105 Å². The zero-order valence-electron chi connectivity index (χ0n) is 21.2. The molecule has 35 heavy (non-hydrogen) atoms. The fraction of sp³-hybridized carbons (Fsp3) is 0.444. The van der Waals surface area contributed by atoms with Gasteiger partial charge >= 0.3 is 11.8 Å². The van der Waals surface area contributed by atoms with E-state index in [4.69, 9.17) is 4.74 Å². The van der Waals surface area contributed by atoms with Crippen LogP contribution in [-0.2, 0) is 18.2 Å². The summed E-state index contributed by atoms with van der Waals surface area (Å²) >= 11 is 0. The highest BCUT2D eigenvalue weighted by atomic mass is 16.6. The predicted molar refractivity (Wildman–Crippen MR) is 136 cm³/mol. The smallest absolute Gasteiger partial charge is 0.410 e. The Morgan fingerprint density at radius 3 is 2.51 bits per heavy atom. The largest absolute Gasteiger partial charge is 0.508 e. The van der Waals surface area contributed by atoms with Crippen molar-refractivity contribution in [2.75, 3.05) is 13.1 Å². The van der Waals surface area contributed by atoms with E-state index in [9.17, 15) is 19.5 Å². The highest BCUT2D eigenvalue weighted by Gasteiger charge is 2.22. The molecule has 0 atom stereocenters. The summed E-state index contributed by atoms with van der Waals surface area (Å²) in [7, 11) is 1.67. The second kappa shape index (κ2) is 10.8. The molecule has 8 heteroatoms. The number of amides is 1. The van der Waals surface area contributed by atoms with Gasteiger partial charge in [-0.05, 0) is 88.4 Å². The fourth-order valence-electron chi connectivity index (χ4n) is 3.97. The fourth-order valence-corrected chi connectivity index (χ4v) is 3.97. The molecule has 8 nitrogen and oxygen atoms in total. The lowest BCUT2D eigenvalue weighted by Crippen LogP contribution is -2.38. The minimum absolute atomic E-state index is 0.00378. The van der Waals surface area contributed by atoms with Crippen LogP contribution in [0, 0.1) is 6.92 Å². The number of aromatic nitrogens is 2. The van der Waals surface area contributed by atoms with Crippen LogP contribution in [0.15, 0.2) is 41.2 Å². The van der Waals surface area contributed by atoms with Gasteiger partial charge in [-0.15, -0.1) is 0 Å². The maximum absolute atomic E-state index is 12.8. The van der Waals surface area contributed by atoms with Crippen LogP contribution in [0.2, 0.25) is 0 Å². The van der Waals surface area contributed by atoms with Gasteiger partial charge in [0.2, 0.25) is 0 Å². The number of hydrogen-bond donors (Lipinski definition) is 2. The van der Waals surface area contributed by atoms with Crippen LogP contribution in [0.25, 0.3) is 11.0 Å². The predicted octanol–water partition coefficient (Wildman–Crippen LogP) is 4.71. The lowest BCUT2D eigenvalue weighted by Gasteiger charge is -2.27. The Morgan fingerprint density at radius 1 is 1.09 bits per heavy atom. The number of phenolic OH excluding ortho intramolecular Hbond substituents is 1. The Hall–Kier alpha value is -3.55. The summed E-state index contributed by atoms with van der Waals surface area (Å²) in [5, 5.41) is 9.64. The number of carbonyl (C=O) groups excluding carboxylic acids is 2. The second-order valence-corrected chi connectivity index (χ2v) is 9.93. The molecule has 188 valence electrons. The van der Waals surface area contributed by atoms with Gasteiger partial charge in [-0.2, -0.15) is 0 Å². The summed E-state index contributed by atoms with van der Waals surface area (Å²) in [6.07, 6.45) is 1.90. The molecule has 0 saturated heterocycles. The van der Waals surface area contributed by atoms with Crippen molar-refractivity contribution in [2.24, 2.45) is 7.05 Å². The molecule has 0 fully saturated rings. The zero-order valence-corrected chi connectivity index (χ0v) is 21.2. The number of aromatic amines is 1. The number of phenols is 1. The highest BCUT2D eigenvalue weighted by molar-refractivity contribution is 5.98. The van der Waals surface area contributed by atoms with Crippen LogP contribution in [0.1, 0.15) is 61.5 Å². The molecule has 0 radical (unpaired) electrons. The van der Waals surface area contributed by atoms with Crippen LogP contribution in [0.3, 0.4) is 0 Å². The van der Waals surface area contributed by atoms with Crippen molar-refractivity contribution in [3.63, 3.8) is 0 Å². The van der Waals surface area contributed by atoms with Crippen LogP contribution < -0.4 is 5.69 Å². The molecule has 1 heterocycles. The maximum atomic E-state index is 12.8. The van der Waals surface area contributed by atoms with E-state index in [0.29, 0.717) is 55.4 Å².